The molecule has 0 radical (unpaired) electrons. The first-order valence-corrected chi connectivity index (χ1v) is 9.87. The molecule has 0 unspecified atom stereocenters. The third-order valence-electron chi connectivity index (χ3n) is 5.07. The van der Waals surface area contributed by atoms with E-state index in [-0.39, 0.29) is 24.1 Å². The number of rotatable bonds is 3. The Morgan fingerprint density at radius 3 is 2.81 bits per heavy atom. The summed E-state index contributed by atoms with van der Waals surface area (Å²) in [6.07, 6.45) is 8.30. The van der Waals surface area contributed by atoms with Crippen LogP contribution >= 0.6 is 15.9 Å². The van der Waals surface area contributed by atoms with Crippen molar-refractivity contribution < 1.29 is 4.79 Å². The molecule has 136 valence electrons. The number of nitrogens with zero attached hydrogens (tertiary/aromatic N) is 2. The number of aromatic nitrogens is 3. The van der Waals surface area contributed by atoms with Crippen LogP contribution in [0.25, 0.3) is 21.9 Å². The Morgan fingerprint density at radius 1 is 1.27 bits per heavy atom. The number of halogens is 1. The zero-order valence-electron chi connectivity index (χ0n) is 14.4. The smallest absolute Gasteiger partial charge is 0.278 e. The van der Waals surface area contributed by atoms with E-state index >= 15 is 0 Å². The lowest BCUT2D eigenvalue weighted by Crippen LogP contribution is -2.38. The summed E-state index contributed by atoms with van der Waals surface area (Å²) >= 11 is 3.44. The first kappa shape index (κ1) is 17.3. The van der Waals surface area contributed by atoms with Crippen molar-refractivity contribution in [3.05, 3.63) is 39.4 Å². The Hall–Kier alpha value is -2.15. The standard InChI is InChI=1S/C19H21BrN4O2/c20-12-7-8-15-14(9-12)17-18(23-15)19(26)24(11-21-17)10-16(25)22-13-5-3-1-2-4-6-13/h7-9,11,13,23H,1-6,10H2,(H,22,25). The lowest BCUT2D eigenvalue weighted by atomic mass is 10.1. The van der Waals surface area contributed by atoms with Crippen LogP contribution in [0.1, 0.15) is 38.5 Å². The van der Waals surface area contributed by atoms with Crippen molar-refractivity contribution in [1.29, 1.82) is 0 Å². The summed E-state index contributed by atoms with van der Waals surface area (Å²) in [4.78, 5) is 32.7. The van der Waals surface area contributed by atoms with Gasteiger partial charge in [0.25, 0.3) is 5.56 Å². The summed E-state index contributed by atoms with van der Waals surface area (Å²) < 4.78 is 2.30. The number of nitrogens with one attached hydrogen (secondary N) is 2. The fourth-order valence-electron chi connectivity index (χ4n) is 3.73. The van der Waals surface area contributed by atoms with Gasteiger partial charge >= 0.3 is 0 Å². The van der Waals surface area contributed by atoms with Crippen molar-refractivity contribution in [2.24, 2.45) is 0 Å². The minimum atomic E-state index is -0.224. The number of H-pyrrole nitrogens is 1. The third kappa shape index (κ3) is 3.40. The molecule has 4 rings (SSSR count). The Labute approximate surface area is 159 Å². The summed E-state index contributed by atoms with van der Waals surface area (Å²) in [5.74, 6) is -0.126. The van der Waals surface area contributed by atoms with Crippen LogP contribution in [0.2, 0.25) is 0 Å². The van der Waals surface area contributed by atoms with Gasteiger partial charge in [0.1, 0.15) is 17.6 Å². The first-order chi connectivity index (χ1) is 12.6. The zero-order chi connectivity index (χ0) is 18.1. The molecule has 1 fully saturated rings. The molecule has 6 nitrogen and oxygen atoms in total. The van der Waals surface area contributed by atoms with Crippen LogP contribution in [0.4, 0.5) is 0 Å². The molecule has 7 heteroatoms. The van der Waals surface area contributed by atoms with Gasteiger partial charge in [-0.15, -0.1) is 0 Å². The van der Waals surface area contributed by atoms with Crippen molar-refractivity contribution in [3.8, 4) is 0 Å². The van der Waals surface area contributed by atoms with Gasteiger partial charge < -0.3 is 10.3 Å². The number of amides is 1. The molecule has 2 aromatic heterocycles. The molecular weight excluding hydrogens is 396 g/mol. The molecule has 1 saturated carbocycles. The molecule has 0 atom stereocenters. The minimum Gasteiger partial charge on any atom is -0.352 e. The molecule has 1 aliphatic carbocycles. The van der Waals surface area contributed by atoms with Gasteiger partial charge in [0.15, 0.2) is 0 Å². The van der Waals surface area contributed by atoms with Gasteiger partial charge in [-0.2, -0.15) is 0 Å². The van der Waals surface area contributed by atoms with E-state index in [4.69, 9.17) is 0 Å². The Bertz CT molecular complexity index is 1020. The van der Waals surface area contributed by atoms with Gasteiger partial charge in [-0.1, -0.05) is 41.6 Å². The van der Waals surface area contributed by atoms with Crippen LogP contribution in [0.15, 0.2) is 33.8 Å². The summed E-state index contributed by atoms with van der Waals surface area (Å²) in [6, 6.07) is 5.98. The molecule has 2 N–H and O–H groups in total. The van der Waals surface area contributed by atoms with Gasteiger partial charge in [0.05, 0.1) is 6.33 Å². The molecule has 1 amide bonds. The second-order valence-corrected chi connectivity index (χ2v) is 7.89. The summed E-state index contributed by atoms with van der Waals surface area (Å²) in [5.41, 5.74) is 1.70. The average Bonchev–Trinajstić information content (AvgIpc) is 2.79. The topological polar surface area (TPSA) is 79.8 Å². The lowest BCUT2D eigenvalue weighted by molar-refractivity contribution is -0.122. The Morgan fingerprint density at radius 2 is 2.04 bits per heavy atom. The second kappa shape index (κ2) is 7.23. The van der Waals surface area contributed by atoms with Crippen molar-refractivity contribution in [2.75, 3.05) is 0 Å². The highest BCUT2D eigenvalue weighted by molar-refractivity contribution is 9.10. The van der Waals surface area contributed by atoms with E-state index in [0.717, 1.165) is 41.1 Å². The van der Waals surface area contributed by atoms with E-state index < -0.39 is 0 Å². The highest BCUT2D eigenvalue weighted by Gasteiger charge is 2.17. The highest BCUT2D eigenvalue weighted by Crippen LogP contribution is 2.24. The largest absolute Gasteiger partial charge is 0.352 e. The summed E-state index contributed by atoms with van der Waals surface area (Å²) in [7, 11) is 0. The van der Waals surface area contributed by atoms with Crippen molar-refractivity contribution >= 4 is 43.8 Å². The molecule has 0 saturated heterocycles. The molecule has 2 heterocycles. The summed E-state index contributed by atoms with van der Waals surface area (Å²) in [6.45, 7) is -0.00265. The van der Waals surface area contributed by atoms with Crippen LogP contribution in [0.5, 0.6) is 0 Å². The Kier molecular flexibility index (Phi) is 4.80. The molecule has 0 bridgehead atoms. The van der Waals surface area contributed by atoms with Gasteiger partial charge in [-0.3, -0.25) is 14.2 Å². The lowest BCUT2D eigenvalue weighted by Gasteiger charge is -2.16. The van der Waals surface area contributed by atoms with Crippen LogP contribution in [0.3, 0.4) is 0 Å². The maximum absolute atomic E-state index is 12.8. The van der Waals surface area contributed by atoms with E-state index in [0.29, 0.717) is 11.0 Å². The van der Waals surface area contributed by atoms with E-state index in [1.165, 1.54) is 23.7 Å². The monoisotopic (exact) mass is 416 g/mol. The fraction of sp³-hybridized carbons (Fsp3) is 0.421. The number of fused-ring (bicyclic) bond motifs is 3. The number of hydrogen-bond acceptors (Lipinski definition) is 3. The first-order valence-electron chi connectivity index (χ1n) is 9.07. The van der Waals surface area contributed by atoms with Gasteiger partial charge in [-0.25, -0.2) is 4.98 Å². The van der Waals surface area contributed by atoms with Gasteiger partial charge in [0.2, 0.25) is 5.91 Å². The van der Waals surface area contributed by atoms with E-state index in [1.807, 2.05) is 18.2 Å². The second-order valence-electron chi connectivity index (χ2n) is 6.97. The number of aromatic amines is 1. The van der Waals surface area contributed by atoms with Crippen LogP contribution in [-0.2, 0) is 11.3 Å². The third-order valence-corrected chi connectivity index (χ3v) is 5.56. The van der Waals surface area contributed by atoms with Crippen LogP contribution in [0, 0.1) is 0 Å². The molecule has 26 heavy (non-hydrogen) atoms. The Balaban J connectivity index is 1.58. The summed E-state index contributed by atoms with van der Waals surface area (Å²) in [5, 5.41) is 3.96. The van der Waals surface area contributed by atoms with Crippen LogP contribution < -0.4 is 10.9 Å². The van der Waals surface area contributed by atoms with E-state index in [2.05, 4.69) is 31.2 Å². The van der Waals surface area contributed by atoms with E-state index in [9.17, 15) is 9.59 Å². The number of carbonyl (C=O) groups is 1. The normalized spacial score (nSPS) is 16.0. The number of hydrogen-bond donors (Lipinski definition) is 2. The van der Waals surface area contributed by atoms with Gasteiger partial charge in [-0.05, 0) is 31.0 Å². The quantitative estimate of drug-likeness (QED) is 0.641. The molecule has 0 aliphatic heterocycles. The van der Waals surface area contributed by atoms with Crippen molar-refractivity contribution in [1.82, 2.24) is 19.9 Å². The van der Waals surface area contributed by atoms with Crippen molar-refractivity contribution in [2.45, 2.75) is 51.1 Å². The highest BCUT2D eigenvalue weighted by atomic mass is 79.9. The van der Waals surface area contributed by atoms with Crippen molar-refractivity contribution in [3.63, 3.8) is 0 Å². The zero-order valence-corrected chi connectivity index (χ0v) is 16.0. The molecule has 3 aromatic rings. The SMILES string of the molecule is O=C(Cn1cnc2c([nH]c3ccc(Br)cc32)c1=O)NC1CCCCCC1. The van der Waals surface area contributed by atoms with E-state index in [1.54, 1.807) is 0 Å². The maximum Gasteiger partial charge on any atom is 0.278 e. The average molecular weight is 417 g/mol. The number of carbonyl (C=O) groups excluding carboxylic acids is 1. The molecule has 0 spiro atoms. The predicted molar refractivity (Wildman–Crippen MR) is 105 cm³/mol. The minimum absolute atomic E-state index is 0.00265. The molecule has 1 aliphatic rings. The predicted octanol–water partition coefficient (Wildman–Crippen LogP) is 3.48. The van der Waals surface area contributed by atoms with Crippen LogP contribution in [-0.4, -0.2) is 26.5 Å². The molecule has 1 aromatic carbocycles. The number of benzene rings is 1. The fourth-order valence-corrected chi connectivity index (χ4v) is 4.09. The maximum atomic E-state index is 12.8. The molecular formula is C19H21BrN4O2. The van der Waals surface area contributed by atoms with Gasteiger partial charge in [0, 0.05) is 21.4 Å².